The molecule has 0 aliphatic heterocycles. The number of hydrogen-bond acceptors (Lipinski definition) is 5. The summed E-state index contributed by atoms with van der Waals surface area (Å²) in [6.45, 7) is 3.86. The van der Waals surface area contributed by atoms with E-state index in [9.17, 15) is 4.79 Å². The van der Waals surface area contributed by atoms with Gasteiger partial charge in [0.2, 0.25) is 5.91 Å². The van der Waals surface area contributed by atoms with Crippen LogP contribution < -0.4 is 25.8 Å². The van der Waals surface area contributed by atoms with E-state index < -0.39 is 5.91 Å². The van der Waals surface area contributed by atoms with Gasteiger partial charge in [-0.25, -0.2) is 4.98 Å². The highest BCUT2D eigenvalue weighted by Gasteiger charge is 2.07. The Morgan fingerprint density at radius 1 is 1.37 bits per heavy atom. The van der Waals surface area contributed by atoms with E-state index in [0.717, 1.165) is 30.9 Å². The number of imidazole rings is 1. The van der Waals surface area contributed by atoms with Gasteiger partial charge in [-0.05, 0) is 37.7 Å². The molecule has 0 spiro atoms. The molecule has 1 aromatic carbocycles. The monoisotopic (exact) mass is 391 g/mol. The number of primary amides is 1. The second-order valence-corrected chi connectivity index (χ2v) is 6.30. The first kappa shape index (κ1) is 20.5. The summed E-state index contributed by atoms with van der Waals surface area (Å²) in [6.07, 6.45) is 4.74. The van der Waals surface area contributed by atoms with Crippen LogP contribution in [0.15, 0.2) is 30.7 Å². The SMILES string of the molecule is COc1cc(NC(=S)NCCCn2cncc2C)ccc1OCCC(N)=O. The lowest BCUT2D eigenvalue weighted by Crippen LogP contribution is -2.29. The molecule has 2 aromatic rings. The van der Waals surface area contributed by atoms with Gasteiger partial charge < -0.3 is 30.4 Å². The van der Waals surface area contributed by atoms with Gasteiger partial charge in [-0.1, -0.05) is 0 Å². The number of carbonyl (C=O) groups is 1. The van der Waals surface area contributed by atoms with Crippen LogP contribution in [0.3, 0.4) is 0 Å². The van der Waals surface area contributed by atoms with Crippen molar-refractivity contribution in [1.82, 2.24) is 14.9 Å². The zero-order valence-electron chi connectivity index (χ0n) is 15.5. The molecule has 9 heteroatoms. The molecule has 0 fully saturated rings. The van der Waals surface area contributed by atoms with Crippen LogP contribution >= 0.6 is 12.2 Å². The third-order valence-electron chi connectivity index (χ3n) is 3.81. The Balaban J connectivity index is 1.78. The number of anilines is 1. The number of benzene rings is 1. The van der Waals surface area contributed by atoms with E-state index in [1.807, 2.05) is 25.5 Å². The molecule has 0 atom stereocenters. The summed E-state index contributed by atoms with van der Waals surface area (Å²) in [7, 11) is 1.55. The molecular formula is C18H25N5O3S. The number of nitrogens with two attached hydrogens (primary N) is 1. The number of nitrogens with zero attached hydrogens (tertiary/aromatic N) is 2. The second-order valence-electron chi connectivity index (χ2n) is 5.89. The fourth-order valence-electron chi connectivity index (χ4n) is 2.37. The number of methoxy groups -OCH3 is 1. The standard InChI is InChI=1S/C18H25N5O3S/c1-13-11-20-12-23(13)8-3-7-21-18(27)22-14-4-5-15(16(10-14)25-2)26-9-6-17(19)24/h4-5,10-12H,3,6-9H2,1-2H3,(H2,19,24)(H2,21,22,27). The lowest BCUT2D eigenvalue weighted by Gasteiger charge is -2.14. The largest absolute Gasteiger partial charge is 0.493 e. The first-order chi connectivity index (χ1) is 13.0. The highest BCUT2D eigenvalue weighted by atomic mass is 32.1. The predicted molar refractivity (Wildman–Crippen MR) is 108 cm³/mol. The van der Waals surface area contributed by atoms with Crippen molar-refractivity contribution in [3.05, 3.63) is 36.4 Å². The maximum absolute atomic E-state index is 10.8. The number of nitrogens with one attached hydrogen (secondary N) is 2. The summed E-state index contributed by atoms with van der Waals surface area (Å²) in [5.74, 6) is 0.675. The Hall–Kier alpha value is -2.81. The van der Waals surface area contributed by atoms with E-state index in [4.69, 9.17) is 27.4 Å². The number of carbonyl (C=O) groups excluding carboxylic acids is 1. The van der Waals surface area contributed by atoms with Gasteiger partial charge in [-0.15, -0.1) is 0 Å². The highest BCUT2D eigenvalue weighted by molar-refractivity contribution is 7.80. The van der Waals surface area contributed by atoms with Crippen LogP contribution in [0.5, 0.6) is 11.5 Å². The molecule has 0 saturated carbocycles. The zero-order valence-corrected chi connectivity index (χ0v) is 16.3. The van der Waals surface area contributed by atoms with Gasteiger partial charge in [-0.3, -0.25) is 4.79 Å². The van der Waals surface area contributed by atoms with Crippen molar-refractivity contribution >= 4 is 28.9 Å². The molecule has 1 heterocycles. The number of aryl methyl sites for hydroxylation is 2. The van der Waals surface area contributed by atoms with Gasteiger partial charge >= 0.3 is 0 Å². The van der Waals surface area contributed by atoms with Gasteiger partial charge in [0, 0.05) is 36.7 Å². The number of hydrogen-bond donors (Lipinski definition) is 3. The third kappa shape index (κ3) is 6.78. The average molecular weight is 391 g/mol. The van der Waals surface area contributed by atoms with Crippen molar-refractivity contribution in [3.63, 3.8) is 0 Å². The van der Waals surface area contributed by atoms with E-state index >= 15 is 0 Å². The van der Waals surface area contributed by atoms with Crippen LogP contribution in [0.4, 0.5) is 5.69 Å². The Bertz CT molecular complexity index is 778. The topological polar surface area (TPSA) is 103 Å². The number of rotatable bonds is 10. The quantitative estimate of drug-likeness (QED) is 0.419. The van der Waals surface area contributed by atoms with Crippen molar-refractivity contribution in [2.24, 2.45) is 5.73 Å². The van der Waals surface area contributed by atoms with Crippen LogP contribution in [-0.4, -0.2) is 40.8 Å². The Labute approximate surface area is 164 Å². The Morgan fingerprint density at radius 3 is 2.85 bits per heavy atom. The fraction of sp³-hybridized carbons (Fsp3) is 0.389. The van der Waals surface area contributed by atoms with Gasteiger partial charge in [0.15, 0.2) is 16.6 Å². The lowest BCUT2D eigenvalue weighted by atomic mass is 10.2. The maximum Gasteiger partial charge on any atom is 0.220 e. The van der Waals surface area contributed by atoms with Gasteiger partial charge in [-0.2, -0.15) is 0 Å². The summed E-state index contributed by atoms with van der Waals surface area (Å²) >= 11 is 5.32. The summed E-state index contributed by atoms with van der Waals surface area (Å²) < 4.78 is 12.9. The van der Waals surface area contributed by atoms with Gasteiger partial charge in [0.05, 0.1) is 26.5 Å². The van der Waals surface area contributed by atoms with Crippen molar-refractivity contribution in [3.8, 4) is 11.5 Å². The van der Waals surface area contributed by atoms with E-state index in [-0.39, 0.29) is 13.0 Å². The first-order valence-electron chi connectivity index (χ1n) is 8.60. The minimum Gasteiger partial charge on any atom is -0.493 e. The molecule has 0 bridgehead atoms. The molecular weight excluding hydrogens is 366 g/mol. The number of ether oxygens (including phenoxy) is 2. The molecule has 1 amide bonds. The number of amides is 1. The van der Waals surface area contributed by atoms with Gasteiger partial charge in [0.1, 0.15) is 0 Å². The van der Waals surface area contributed by atoms with E-state index in [2.05, 4.69) is 20.2 Å². The minimum atomic E-state index is -0.410. The van der Waals surface area contributed by atoms with Crippen molar-refractivity contribution in [1.29, 1.82) is 0 Å². The predicted octanol–water partition coefficient (Wildman–Crippen LogP) is 1.83. The minimum absolute atomic E-state index is 0.149. The number of thiocarbonyl (C=S) groups is 1. The molecule has 1 aromatic heterocycles. The van der Waals surface area contributed by atoms with E-state index in [1.54, 1.807) is 19.2 Å². The Kier molecular flexibility index (Phi) is 7.87. The molecule has 0 aliphatic carbocycles. The van der Waals surface area contributed by atoms with Crippen LogP contribution in [0.1, 0.15) is 18.5 Å². The summed E-state index contributed by atoms with van der Waals surface area (Å²) in [5, 5.41) is 6.82. The lowest BCUT2D eigenvalue weighted by molar-refractivity contribution is -0.118. The van der Waals surface area contributed by atoms with Crippen molar-refractivity contribution < 1.29 is 14.3 Å². The first-order valence-corrected chi connectivity index (χ1v) is 9.01. The number of aromatic nitrogens is 2. The summed E-state index contributed by atoms with van der Waals surface area (Å²) in [6, 6.07) is 5.36. The smallest absolute Gasteiger partial charge is 0.220 e. The van der Waals surface area contributed by atoms with Crippen LogP contribution in [0.2, 0.25) is 0 Å². The Morgan fingerprint density at radius 2 is 2.19 bits per heavy atom. The molecule has 27 heavy (non-hydrogen) atoms. The van der Waals surface area contributed by atoms with Gasteiger partial charge in [0.25, 0.3) is 0 Å². The second kappa shape index (κ2) is 10.4. The normalized spacial score (nSPS) is 10.3. The fourth-order valence-corrected chi connectivity index (χ4v) is 2.59. The third-order valence-corrected chi connectivity index (χ3v) is 4.06. The van der Waals surface area contributed by atoms with Crippen LogP contribution in [-0.2, 0) is 11.3 Å². The van der Waals surface area contributed by atoms with Crippen LogP contribution in [0, 0.1) is 6.92 Å². The zero-order chi connectivity index (χ0) is 19.6. The molecule has 146 valence electrons. The van der Waals surface area contributed by atoms with Crippen molar-refractivity contribution in [2.75, 3.05) is 25.6 Å². The molecule has 0 aliphatic rings. The molecule has 0 radical (unpaired) electrons. The maximum atomic E-state index is 10.8. The highest BCUT2D eigenvalue weighted by Crippen LogP contribution is 2.30. The summed E-state index contributed by atoms with van der Waals surface area (Å²) in [5.41, 5.74) is 7.02. The summed E-state index contributed by atoms with van der Waals surface area (Å²) in [4.78, 5) is 14.9. The molecule has 0 unspecified atom stereocenters. The van der Waals surface area contributed by atoms with E-state index in [0.29, 0.717) is 16.6 Å². The van der Waals surface area contributed by atoms with E-state index in [1.165, 1.54) is 0 Å². The molecule has 4 N–H and O–H groups in total. The van der Waals surface area contributed by atoms with Crippen molar-refractivity contribution in [2.45, 2.75) is 26.3 Å². The van der Waals surface area contributed by atoms with Crippen LogP contribution in [0.25, 0.3) is 0 Å². The molecule has 0 saturated heterocycles. The molecule has 8 nitrogen and oxygen atoms in total. The average Bonchev–Trinajstić information content (AvgIpc) is 3.04. The molecule has 2 rings (SSSR count).